The van der Waals surface area contributed by atoms with Crippen LogP contribution in [0.25, 0.3) is 0 Å². The average Bonchev–Trinajstić information content (AvgIpc) is 3.28. The van der Waals surface area contributed by atoms with E-state index in [1.54, 1.807) is 0 Å². The molecule has 2 aromatic rings. The molecule has 28 heavy (non-hydrogen) atoms. The number of nitrogens with zero attached hydrogens (tertiary/aromatic N) is 4. The molecule has 1 aliphatic rings. The van der Waals surface area contributed by atoms with Crippen LogP contribution in [0.5, 0.6) is 0 Å². The third-order valence-electron chi connectivity index (χ3n) is 5.23. The van der Waals surface area contributed by atoms with Gasteiger partial charge in [-0.25, -0.2) is 4.98 Å². The molecular formula is C21H32N6S. The molecule has 0 aromatic carbocycles. The monoisotopic (exact) mass is 400 g/mol. The molecule has 0 saturated carbocycles. The van der Waals surface area contributed by atoms with Crippen LogP contribution in [0, 0.1) is 0 Å². The van der Waals surface area contributed by atoms with Crippen molar-refractivity contribution in [1.29, 1.82) is 0 Å². The Labute approximate surface area is 172 Å². The fourth-order valence-corrected chi connectivity index (χ4v) is 4.31. The number of pyridine rings is 1. The smallest absolute Gasteiger partial charge is 0.191 e. The molecule has 0 unspecified atom stereocenters. The molecule has 0 atom stereocenters. The number of hydrogen-bond acceptors (Lipinski definition) is 5. The first-order valence-corrected chi connectivity index (χ1v) is 11.1. The summed E-state index contributed by atoms with van der Waals surface area (Å²) in [5.41, 5.74) is 1.16. The highest BCUT2D eigenvalue weighted by Gasteiger charge is 2.20. The molecule has 6 nitrogen and oxygen atoms in total. The quantitative estimate of drug-likeness (QED) is 0.552. The second kappa shape index (κ2) is 10.3. The van der Waals surface area contributed by atoms with Gasteiger partial charge in [-0.15, -0.1) is 11.3 Å². The summed E-state index contributed by atoms with van der Waals surface area (Å²) in [5, 5.41) is 10.5. The minimum atomic E-state index is 0.463. The van der Waals surface area contributed by atoms with Crippen LogP contribution >= 0.6 is 11.3 Å². The van der Waals surface area contributed by atoms with Crippen molar-refractivity contribution < 1.29 is 0 Å². The number of nitrogens with one attached hydrogen (secondary N) is 2. The third kappa shape index (κ3) is 5.38. The van der Waals surface area contributed by atoms with Gasteiger partial charge in [0.15, 0.2) is 5.96 Å². The summed E-state index contributed by atoms with van der Waals surface area (Å²) in [4.78, 5) is 13.7. The Morgan fingerprint density at radius 1 is 1.25 bits per heavy atom. The minimum absolute atomic E-state index is 0.463. The van der Waals surface area contributed by atoms with Crippen LogP contribution in [0.1, 0.15) is 32.3 Å². The molecule has 0 radical (unpaired) electrons. The molecule has 3 heterocycles. The van der Waals surface area contributed by atoms with Crippen LogP contribution < -0.4 is 20.4 Å². The highest BCUT2D eigenvalue weighted by Crippen LogP contribution is 2.24. The zero-order valence-corrected chi connectivity index (χ0v) is 18.0. The fourth-order valence-electron chi connectivity index (χ4n) is 3.52. The summed E-state index contributed by atoms with van der Waals surface area (Å²) >= 11 is 1.82. The van der Waals surface area contributed by atoms with Crippen molar-refractivity contribution in [2.45, 2.75) is 39.3 Å². The lowest BCUT2D eigenvalue weighted by Crippen LogP contribution is -2.48. The van der Waals surface area contributed by atoms with Gasteiger partial charge in [0, 0.05) is 52.0 Å². The molecule has 2 aromatic heterocycles. The van der Waals surface area contributed by atoms with Crippen LogP contribution in [0.2, 0.25) is 0 Å². The van der Waals surface area contributed by atoms with Gasteiger partial charge in [0.1, 0.15) is 5.82 Å². The number of piperidine rings is 1. The molecule has 1 fully saturated rings. The van der Waals surface area contributed by atoms with Gasteiger partial charge in [-0.05, 0) is 55.8 Å². The van der Waals surface area contributed by atoms with Crippen LogP contribution in [-0.4, -0.2) is 50.2 Å². The number of aromatic nitrogens is 1. The maximum Gasteiger partial charge on any atom is 0.191 e. The lowest BCUT2D eigenvalue weighted by Gasteiger charge is -2.33. The zero-order chi connectivity index (χ0) is 19.8. The standard InChI is InChI=1S/C21H32N6S/c1-4-26(5-2)19-9-8-17(15-23-19)16-24-21(22-3)25-18-10-12-27(13-11-18)20-7-6-14-28-20/h6-9,14-15,18H,4-5,10-13,16H2,1-3H3,(H2,22,24,25). The van der Waals surface area contributed by atoms with Crippen LogP contribution in [0.4, 0.5) is 10.8 Å². The number of guanidine groups is 1. The third-order valence-corrected chi connectivity index (χ3v) is 6.16. The number of hydrogen-bond donors (Lipinski definition) is 2. The van der Waals surface area contributed by atoms with E-state index in [2.05, 4.69) is 73.9 Å². The zero-order valence-electron chi connectivity index (χ0n) is 17.2. The first-order valence-electron chi connectivity index (χ1n) is 10.2. The minimum Gasteiger partial charge on any atom is -0.363 e. The number of thiophene rings is 1. The van der Waals surface area contributed by atoms with Gasteiger partial charge in [-0.2, -0.15) is 0 Å². The normalized spacial score (nSPS) is 15.5. The van der Waals surface area contributed by atoms with E-state index in [1.165, 1.54) is 5.00 Å². The van der Waals surface area contributed by atoms with Gasteiger partial charge < -0.3 is 20.4 Å². The molecule has 152 valence electrons. The Bertz CT molecular complexity index is 716. The second-order valence-corrected chi connectivity index (χ2v) is 7.91. The second-order valence-electron chi connectivity index (χ2n) is 6.98. The SMILES string of the molecule is CCN(CC)c1ccc(CNC(=NC)NC2CCN(c3cccs3)CC2)cn1. The summed E-state index contributed by atoms with van der Waals surface area (Å²) in [7, 11) is 1.83. The van der Waals surface area contributed by atoms with Gasteiger partial charge in [-0.3, -0.25) is 4.99 Å². The topological polar surface area (TPSA) is 55.8 Å². The Morgan fingerprint density at radius 2 is 2.04 bits per heavy atom. The summed E-state index contributed by atoms with van der Waals surface area (Å²) in [5.74, 6) is 1.90. The summed E-state index contributed by atoms with van der Waals surface area (Å²) < 4.78 is 0. The molecule has 0 amide bonds. The van der Waals surface area contributed by atoms with E-state index in [0.29, 0.717) is 6.04 Å². The van der Waals surface area contributed by atoms with Crippen molar-refractivity contribution in [2.24, 2.45) is 4.99 Å². The van der Waals surface area contributed by atoms with Crippen LogP contribution in [0.15, 0.2) is 40.8 Å². The van der Waals surface area contributed by atoms with Gasteiger partial charge in [0.05, 0.1) is 5.00 Å². The first-order chi connectivity index (χ1) is 13.7. The molecule has 0 spiro atoms. The van der Waals surface area contributed by atoms with Crippen molar-refractivity contribution in [3.05, 3.63) is 41.4 Å². The number of aliphatic imine (C=N–C) groups is 1. The predicted molar refractivity (Wildman–Crippen MR) is 121 cm³/mol. The Kier molecular flexibility index (Phi) is 7.54. The predicted octanol–water partition coefficient (Wildman–Crippen LogP) is 3.32. The van der Waals surface area contributed by atoms with E-state index >= 15 is 0 Å². The Balaban J connectivity index is 1.45. The van der Waals surface area contributed by atoms with E-state index < -0.39 is 0 Å². The molecule has 3 rings (SSSR count). The van der Waals surface area contributed by atoms with E-state index in [9.17, 15) is 0 Å². The van der Waals surface area contributed by atoms with Gasteiger partial charge >= 0.3 is 0 Å². The van der Waals surface area contributed by atoms with E-state index in [-0.39, 0.29) is 0 Å². The van der Waals surface area contributed by atoms with Crippen molar-refractivity contribution in [1.82, 2.24) is 15.6 Å². The van der Waals surface area contributed by atoms with Crippen molar-refractivity contribution in [2.75, 3.05) is 43.0 Å². The molecule has 1 saturated heterocycles. The summed E-state index contributed by atoms with van der Waals surface area (Å²) in [6.07, 6.45) is 4.20. The lowest BCUT2D eigenvalue weighted by atomic mass is 10.1. The van der Waals surface area contributed by atoms with Crippen molar-refractivity contribution in [3.8, 4) is 0 Å². The van der Waals surface area contributed by atoms with Crippen LogP contribution in [-0.2, 0) is 6.54 Å². The Hall–Kier alpha value is -2.28. The Morgan fingerprint density at radius 3 is 2.61 bits per heavy atom. The van der Waals surface area contributed by atoms with E-state index in [0.717, 1.165) is 62.9 Å². The highest BCUT2D eigenvalue weighted by molar-refractivity contribution is 7.14. The van der Waals surface area contributed by atoms with Gasteiger partial charge in [0.25, 0.3) is 0 Å². The molecular weight excluding hydrogens is 368 g/mol. The fraction of sp³-hybridized carbons (Fsp3) is 0.524. The van der Waals surface area contributed by atoms with Gasteiger partial charge in [0.2, 0.25) is 0 Å². The van der Waals surface area contributed by atoms with Crippen molar-refractivity contribution in [3.63, 3.8) is 0 Å². The summed E-state index contributed by atoms with van der Waals surface area (Å²) in [6, 6.07) is 9.03. The van der Waals surface area contributed by atoms with Gasteiger partial charge in [-0.1, -0.05) is 6.07 Å². The van der Waals surface area contributed by atoms with Crippen LogP contribution in [0.3, 0.4) is 0 Å². The molecule has 0 bridgehead atoms. The number of rotatable bonds is 7. The lowest BCUT2D eigenvalue weighted by molar-refractivity contribution is 0.463. The maximum atomic E-state index is 4.59. The number of anilines is 2. The highest BCUT2D eigenvalue weighted by atomic mass is 32.1. The first kappa shape index (κ1) is 20.5. The van der Waals surface area contributed by atoms with E-state index in [1.807, 2.05) is 24.6 Å². The maximum absolute atomic E-state index is 4.59. The molecule has 2 N–H and O–H groups in total. The largest absolute Gasteiger partial charge is 0.363 e. The average molecular weight is 401 g/mol. The molecule has 0 aliphatic carbocycles. The summed E-state index contributed by atoms with van der Waals surface area (Å²) in [6.45, 7) is 9.16. The molecule has 7 heteroatoms. The van der Waals surface area contributed by atoms with Crippen molar-refractivity contribution >= 4 is 28.1 Å². The molecule has 1 aliphatic heterocycles. The van der Waals surface area contributed by atoms with E-state index in [4.69, 9.17) is 0 Å².